The number of carbonyl (C=O) groups is 2. The highest BCUT2D eigenvalue weighted by molar-refractivity contribution is 8.03. The molecule has 3 atom stereocenters. The quantitative estimate of drug-likeness (QED) is 0.735. The van der Waals surface area contributed by atoms with Crippen LogP contribution in [-0.4, -0.2) is 51.3 Å². The van der Waals surface area contributed by atoms with Crippen molar-refractivity contribution in [3.8, 4) is 0 Å². The van der Waals surface area contributed by atoms with E-state index in [2.05, 4.69) is 0 Å². The number of aliphatic hydroxyl groups excluding tert-OH is 1. The average molecular weight is 268 g/mol. The lowest BCUT2D eigenvalue weighted by Gasteiger charge is -2.44. The van der Waals surface area contributed by atoms with E-state index in [-0.39, 0.29) is 23.1 Å². The van der Waals surface area contributed by atoms with Crippen LogP contribution < -0.4 is 0 Å². The number of fused-ring (bicyclic) bond motifs is 1. The molecule has 0 aromatic carbocycles. The van der Waals surface area contributed by atoms with Crippen LogP contribution in [0.2, 0.25) is 0 Å². The second-order valence-corrected chi connectivity index (χ2v) is 5.99. The number of hydrogen-bond acceptors (Lipinski definition) is 4. The normalized spacial score (nSPS) is 32.1. The first kappa shape index (κ1) is 12.0. The van der Waals surface area contributed by atoms with Crippen LogP contribution in [0.1, 0.15) is 19.8 Å². The van der Waals surface area contributed by atoms with Crippen LogP contribution in [0.3, 0.4) is 0 Å². The number of carbonyl (C=O) groups excluding carboxylic acids is 2. The number of hydrogen-bond donors (Lipinski definition) is 1. The summed E-state index contributed by atoms with van der Waals surface area (Å²) in [6.07, 6.45) is 1.43. The number of thioether (sulfide) groups is 1. The Morgan fingerprint density at radius 2 is 2.17 bits per heavy atom. The Morgan fingerprint density at radius 1 is 1.50 bits per heavy atom. The molecule has 3 heterocycles. The Bertz CT molecular complexity index is 429. The summed E-state index contributed by atoms with van der Waals surface area (Å²) in [7, 11) is 0. The molecule has 18 heavy (non-hydrogen) atoms. The first-order valence-electron chi connectivity index (χ1n) is 6.27. The van der Waals surface area contributed by atoms with Gasteiger partial charge >= 0.3 is 0 Å². The number of nitrogens with zero attached hydrogens (tertiary/aromatic N) is 2. The van der Waals surface area contributed by atoms with Gasteiger partial charge in [-0.25, -0.2) is 0 Å². The second kappa shape index (κ2) is 4.28. The number of amides is 2. The van der Waals surface area contributed by atoms with Gasteiger partial charge in [0.05, 0.1) is 12.0 Å². The van der Waals surface area contributed by atoms with E-state index in [1.807, 2.05) is 0 Å². The lowest BCUT2D eigenvalue weighted by atomic mass is 9.92. The predicted octanol–water partition coefficient (Wildman–Crippen LogP) is 0.362. The van der Waals surface area contributed by atoms with Gasteiger partial charge in [-0.15, -0.1) is 11.8 Å². The largest absolute Gasteiger partial charge is 0.392 e. The molecule has 6 heteroatoms. The van der Waals surface area contributed by atoms with Crippen LogP contribution in [0.4, 0.5) is 0 Å². The molecular formula is C12H16N2O3S. The molecule has 3 rings (SSSR count). The molecule has 3 aliphatic rings. The molecule has 1 N–H and O–H groups in total. The van der Waals surface area contributed by atoms with E-state index < -0.39 is 6.10 Å². The molecule has 2 fully saturated rings. The number of β-lactam (4-membered cyclic amide) rings is 1. The maximum Gasteiger partial charge on any atom is 0.271 e. The van der Waals surface area contributed by atoms with Crippen LogP contribution >= 0.6 is 11.8 Å². The zero-order chi connectivity index (χ0) is 12.9. The van der Waals surface area contributed by atoms with E-state index in [9.17, 15) is 14.7 Å². The smallest absolute Gasteiger partial charge is 0.271 e. The van der Waals surface area contributed by atoms with Gasteiger partial charge in [0.25, 0.3) is 5.91 Å². The lowest BCUT2D eigenvalue weighted by Crippen LogP contribution is -2.61. The zero-order valence-electron chi connectivity index (χ0n) is 10.2. The van der Waals surface area contributed by atoms with Crippen molar-refractivity contribution in [3.05, 3.63) is 11.1 Å². The summed E-state index contributed by atoms with van der Waals surface area (Å²) in [6.45, 7) is 3.20. The minimum absolute atomic E-state index is 0.0418. The van der Waals surface area contributed by atoms with Gasteiger partial charge < -0.3 is 10.0 Å². The summed E-state index contributed by atoms with van der Waals surface area (Å²) in [5, 5.41) is 11.2. The van der Waals surface area contributed by atoms with Crippen molar-refractivity contribution in [2.75, 3.05) is 13.1 Å². The molecule has 2 saturated heterocycles. The maximum absolute atomic E-state index is 12.2. The SMILES string of the molecule is C[C@@H](O)[C@H]1C(=O)N2C(C(=O)N3CCCC3)=CS[C@@H]12. The van der Waals surface area contributed by atoms with Crippen LogP contribution in [0.15, 0.2) is 11.1 Å². The van der Waals surface area contributed by atoms with Gasteiger partial charge in [0.15, 0.2) is 0 Å². The monoisotopic (exact) mass is 268 g/mol. The van der Waals surface area contributed by atoms with Crippen molar-refractivity contribution in [1.82, 2.24) is 9.80 Å². The van der Waals surface area contributed by atoms with Crippen molar-refractivity contribution in [3.63, 3.8) is 0 Å². The van der Waals surface area contributed by atoms with Gasteiger partial charge in [-0.1, -0.05) is 0 Å². The van der Waals surface area contributed by atoms with Gasteiger partial charge in [0.2, 0.25) is 5.91 Å². The number of likely N-dealkylation sites (tertiary alicyclic amines) is 1. The molecule has 0 aliphatic carbocycles. The molecule has 98 valence electrons. The van der Waals surface area contributed by atoms with E-state index in [4.69, 9.17) is 0 Å². The fraction of sp³-hybridized carbons (Fsp3) is 0.667. The number of rotatable bonds is 2. The van der Waals surface area contributed by atoms with Gasteiger partial charge in [-0.2, -0.15) is 0 Å². The van der Waals surface area contributed by atoms with Crippen molar-refractivity contribution >= 4 is 23.6 Å². The van der Waals surface area contributed by atoms with Gasteiger partial charge in [-0.3, -0.25) is 14.5 Å². The summed E-state index contributed by atoms with van der Waals surface area (Å²) in [4.78, 5) is 27.6. The molecule has 0 bridgehead atoms. The summed E-state index contributed by atoms with van der Waals surface area (Å²) >= 11 is 1.46. The third kappa shape index (κ3) is 1.59. The molecule has 0 radical (unpaired) electrons. The molecule has 0 saturated carbocycles. The highest BCUT2D eigenvalue weighted by atomic mass is 32.2. The van der Waals surface area contributed by atoms with Gasteiger partial charge in [0, 0.05) is 18.5 Å². The first-order valence-corrected chi connectivity index (χ1v) is 7.21. The lowest BCUT2D eigenvalue weighted by molar-refractivity contribution is -0.155. The van der Waals surface area contributed by atoms with Crippen molar-refractivity contribution in [2.45, 2.75) is 31.2 Å². The minimum atomic E-state index is -0.652. The molecule has 5 nitrogen and oxygen atoms in total. The van der Waals surface area contributed by atoms with Crippen molar-refractivity contribution in [1.29, 1.82) is 0 Å². The van der Waals surface area contributed by atoms with Crippen LogP contribution in [0, 0.1) is 5.92 Å². The highest BCUT2D eigenvalue weighted by Crippen LogP contribution is 2.46. The number of aliphatic hydroxyl groups is 1. The van der Waals surface area contributed by atoms with E-state index in [1.54, 1.807) is 22.1 Å². The maximum atomic E-state index is 12.2. The third-order valence-electron chi connectivity index (χ3n) is 3.80. The predicted molar refractivity (Wildman–Crippen MR) is 67.3 cm³/mol. The Hall–Kier alpha value is -1.01. The van der Waals surface area contributed by atoms with Crippen LogP contribution in [0.25, 0.3) is 0 Å². The third-order valence-corrected chi connectivity index (χ3v) is 4.94. The van der Waals surface area contributed by atoms with Crippen molar-refractivity contribution < 1.29 is 14.7 Å². The van der Waals surface area contributed by atoms with Crippen LogP contribution in [-0.2, 0) is 9.59 Å². The second-order valence-electron chi connectivity index (χ2n) is 5.00. The van der Waals surface area contributed by atoms with E-state index in [0.717, 1.165) is 25.9 Å². The summed E-state index contributed by atoms with van der Waals surface area (Å²) < 4.78 is 0. The molecule has 0 aromatic heterocycles. The average Bonchev–Trinajstić information content (AvgIpc) is 2.93. The highest BCUT2D eigenvalue weighted by Gasteiger charge is 2.55. The van der Waals surface area contributed by atoms with E-state index in [1.165, 1.54) is 11.8 Å². The summed E-state index contributed by atoms with van der Waals surface area (Å²) in [5.74, 6) is -0.534. The molecule has 0 unspecified atom stereocenters. The van der Waals surface area contributed by atoms with Gasteiger partial charge in [-0.05, 0) is 19.8 Å². The molecule has 2 amide bonds. The van der Waals surface area contributed by atoms with Crippen LogP contribution in [0.5, 0.6) is 0 Å². The first-order chi connectivity index (χ1) is 8.61. The van der Waals surface area contributed by atoms with Crippen molar-refractivity contribution in [2.24, 2.45) is 5.92 Å². The summed E-state index contributed by atoms with van der Waals surface area (Å²) in [6, 6.07) is 0. The molecule has 3 aliphatic heterocycles. The zero-order valence-corrected chi connectivity index (χ0v) is 11.0. The Morgan fingerprint density at radius 3 is 2.78 bits per heavy atom. The topological polar surface area (TPSA) is 60.9 Å². The fourth-order valence-corrected chi connectivity index (χ4v) is 4.09. The fourth-order valence-electron chi connectivity index (χ4n) is 2.76. The Balaban J connectivity index is 1.73. The Kier molecular flexibility index (Phi) is 2.86. The standard InChI is InChI=1S/C12H16N2O3S/c1-7(15)9-11(17)14-8(6-18-12(9)14)10(16)13-4-2-3-5-13/h6-7,9,12,15H,2-5H2,1H3/t7-,9+,12+/m1/s1. The summed E-state index contributed by atoms with van der Waals surface area (Å²) in [5.41, 5.74) is 0.494. The van der Waals surface area contributed by atoms with E-state index >= 15 is 0 Å². The minimum Gasteiger partial charge on any atom is -0.392 e. The molecular weight excluding hydrogens is 252 g/mol. The Labute approximate surface area is 110 Å². The molecule has 0 aromatic rings. The van der Waals surface area contributed by atoms with E-state index in [0.29, 0.717) is 5.70 Å². The molecule has 0 spiro atoms. The van der Waals surface area contributed by atoms with Gasteiger partial charge in [0.1, 0.15) is 11.1 Å².